The van der Waals surface area contributed by atoms with Gasteiger partial charge in [0, 0.05) is 7.11 Å². The SMILES string of the molecule is COC(C)C(N)c1cccc(Cl)c1Cl. The molecule has 4 heteroatoms. The van der Waals surface area contributed by atoms with Crippen LogP contribution in [0.2, 0.25) is 10.0 Å². The van der Waals surface area contributed by atoms with Gasteiger partial charge in [0.15, 0.2) is 0 Å². The highest BCUT2D eigenvalue weighted by Crippen LogP contribution is 2.30. The lowest BCUT2D eigenvalue weighted by molar-refractivity contribution is 0.0957. The highest BCUT2D eigenvalue weighted by molar-refractivity contribution is 6.42. The van der Waals surface area contributed by atoms with Gasteiger partial charge in [-0.3, -0.25) is 0 Å². The Kier molecular flexibility index (Phi) is 4.20. The van der Waals surface area contributed by atoms with Crippen molar-refractivity contribution in [3.05, 3.63) is 33.8 Å². The van der Waals surface area contributed by atoms with E-state index in [2.05, 4.69) is 0 Å². The Labute approximate surface area is 94.0 Å². The molecule has 0 aromatic heterocycles. The summed E-state index contributed by atoms with van der Waals surface area (Å²) >= 11 is 11.9. The molecule has 2 atom stereocenters. The molecule has 0 amide bonds. The Bertz CT molecular complexity index is 317. The molecule has 2 unspecified atom stereocenters. The van der Waals surface area contributed by atoms with Gasteiger partial charge in [0.1, 0.15) is 0 Å². The van der Waals surface area contributed by atoms with E-state index < -0.39 is 0 Å². The number of rotatable bonds is 3. The van der Waals surface area contributed by atoms with Crippen LogP contribution in [-0.2, 0) is 4.74 Å². The summed E-state index contributed by atoms with van der Waals surface area (Å²) in [5, 5.41) is 1.02. The number of benzene rings is 1. The molecule has 1 aromatic rings. The topological polar surface area (TPSA) is 35.2 Å². The first-order chi connectivity index (χ1) is 6.57. The molecule has 0 aliphatic rings. The fourth-order valence-corrected chi connectivity index (χ4v) is 1.61. The lowest BCUT2D eigenvalue weighted by Gasteiger charge is -2.20. The molecule has 0 aliphatic carbocycles. The van der Waals surface area contributed by atoms with Crippen LogP contribution in [0.15, 0.2) is 18.2 Å². The molecule has 2 N–H and O–H groups in total. The smallest absolute Gasteiger partial charge is 0.0736 e. The molecular formula is C10H13Cl2NO. The van der Waals surface area contributed by atoms with Crippen LogP contribution >= 0.6 is 23.2 Å². The second-order valence-electron chi connectivity index (χ2n) is 3.11. The minimum absolute atomic E-state index is 0.0917. The average Bonchev–Trinajstić information content (AvgIpc) is 2.20. The van der Waals surface area contributed by atoms with Gasteiger partial charge in [-0.2, -0.15) is 0 Å². The van der Waals surface area contributed by atoms with E-state index >= 15 is 0 Å². The Morgan fingerprint density at radius 2 is 2.00 bits per heavy atom. The van der Waals surface area contributed by atoms with Gasteiger partial charge in [0.05, 0.1) is 22.2 Å². The summed E-state index contributed by atoms with van der Waals surface area (Å²) in [5.41, 5.74) is 6.76. The van der Waals surface area contributed by atoms with Crippen LogP contribution in [0, 0.1) is 0 Å². The van der Waals surface area contributed by atoms with Gasteiger partial charge in [0.25, 0.3) is 0 Å². The molecule has 0 saturated carbocycles. The molecule has 1 aromatic carbocycles. The van der Waals surface area contributed by atoms with E-state index in [4.69, 9.17) is 33.7 Å². The molecule has 0 heterocycles. The van der Waals surface area contributed by atoms with Gasteiger partial charge >= 0.3 is 0 Å². The standard InChI is InChI=1S/C10H13Cl2NO/c1-6(14-2)10(13)7-4-3-5-8(11)9(7)12/h3-6,10H,13H2,1-2H3. The molecule has 0 fully saturated rings. The van der Waals surface area contributed by atoms with Gasteiger partial charge in [-0.15, -0.1) is 0 Å². The van der Waals surface area contributed by atoms with Crippen LogP contribution in [0.3, 0.4) is 0 Å². The van der Waals surface area contributed by atoms with Crippen LogP contribution in [0.4, 0.5) is 0 Å². The largest absolute Gasteiger partial charge is 0.380 e. The third kappa shape index (κ3) is 2.39. The highest BCUT2D eigenvalue weighted by atomic mass is 35.5. The molecular weight excluding hydrogens is 221 g/mol. The van der Waals surface area contributed by atoms with E-state index in [1.807, 2.05) is 19.1 Å². The Morgan fingerprint density at radius 3 is 2.57 bits per heavy atom. The maximum Gasteiger partial charge on any atom is 0.0736 e. The summed E-state index contributed by atoms with van der Waals surface area (Å²) < 4.78 is 5.13. The Balaban J connectivity index is 3.01. The van der Waals surface area contributed by atoms with Gasteiger partial charge in [-0.25, -0.2) is 0 Å². The minimum atomic E-state index is -0.258. The quantitative estimate of drug-likeness (QED) is 0.872. The molecule has 78 valence electrons. The number of nitrogens with two attached hydrogens (primary N) is 1. The first-order valence-corrected chi connectivity index (χ1v) is 5.05. The maximum absolute atomic E-state index is 6.02. The van der Waals surface area contributed by atoms with Crippen molar-refractivity contribution < 1.29 is 4.74 Å². The van der Waals surface area contributed by atoms with Crippen LogP contribution in [0.5, 0.6) is 0 Å². The lowest BCUT2D eigenvalue weighted by atomic mass is 10.0. The van der Waals surface area contributed by atoms with E-state index in [1.165, 1.54) is 0 Å². The van der Waals surface area contributed by atoms with E-state index in [0.29, 0.717) is 10.0 Å². The summed E-state index contributed by atoms with van der Waals surface area (Å²) in [6.07, 6.45) is -0.0917. The fraction of sp³-hybridized carbons (Fsp3) is 0.400. The predicted molar refractivity (Wildman–Crippen MR) is 59.9 cm³/mol. The molecule has 0 saturated heterocycles. The third-order valence-electron chi connectivity index (χ3n) is 2.22. The number of ether oxygens (including phenoxy) is 1. The van der Waals surface area contributed by atoms with Crippen molar-refractivity contribution in [1.82, 2.24) is 0 Å². The molecule has 1 rings (SSSR count). The van der Waals surface area contributed by atoms with E-state index in [9.17, 15) is 0 Å². The zero-order chi connectivity index (χ0) is 10.7. The zero-order valence-corrected chi connectivity index (χ0v) is 9.64. The number of hydrogen-bond donors (Lipinski definition) is 1. The van der Waals surface area contributed by atoms with Crippen molar-refractivity contribution in [2.45, 2.75) is 19.1 Å². The van der Waals surface area contributed by atoms with Crippen molar-refractivity contribution in [2.24, 2.45) is 5.73 Å². The number of halogens is 2. The van der Waals surface area contributed by atoms with Crippen LogP contribution in [0.1, 0.15) is 18.5 Å². The Hall–Kier alpha value is -0.280. The van der Waals surface area contributed by atoms with Crippen LogP contribution in [0.25, 0.3) is 0 Å². The van der Waals surface area contributed by atoms with E-state index in [0.717, 1.165) is 5.56 Å². The predicted octanol–water partition coefficient (Wildman–Crippen LogP) is 3.03. The van der Waals surface area contributed by atoms with Crippen LogP contribution in [-0.4, -0.2) is 13.2 Å². The van der Waals surface area contributed by atoms with Crippen molar-refractivity contribution in [3.63, 3.8) is 0 Å². The highest BCUT2D eigenvalue weighted by Gasteiger charge is 2.17. The molecule has 2 nitrogen and oxygen atoms in total. The molecule has 0 bridgehead atoms. The van der Waals surface area contributed by atoms with Crippen molar-refractivity contribution in [3.8, 4) is 0 Å². The average molecular weight is 234 g/mol. The van der Waals surface area contributed by atoms with Gasteiger partial charge < -0.3 is 10.5 Å². The minimum Gasteiger partial charge on any atom is -0.380 e. The van der Waals surface area contributed by atoms with Crippen molar-refractivity contribution in [1.29, 1.82) is 0 Å². The normalized spacial score (nSPS) is 15.2. The summed E-state index contributed by atoms with van der Waals surface area (Å²) in [6.45, 7) is 1.89. The van der Waals surface area contributed by atoms with Crippen LogP contribution < -0.4 is 5.73 Å². The van der Waals surface area contributed by atoms with Gasteiger partial charge in [-0.05, 0) is 18.6 Å². The Morgan fingerprint density at radius 1 is 1.36 bits per heavy atom. The number of methoxy groups -OCH3 is 1. The van der Waals surface area contributed by atoms with E-state index in [-0.39, 0.29) is 12.1 Å². The molecule has 14 heavy (non-hydrogen) atoms. The summed E-state index contributed by atoms with van der Waals surface area (Å²) in [7, 11) is 1.61. The second kappa shape index (κ2) is 4.99. The summed E-state index contributed by atoms with van der Waals surface area (Å²) in [5.74, 6) is 0. The summed E-state index contributed by atoms with van der Waals surface area (Å²) in [4.78, 5) is 0. The zero-order valence-electron chi connectivity index (χ0n) is 8.13. The second-order valence-corrected chi connectivity index (χ2v) is 3.89. The fourth-order valence-electron chi connectivity index (χ4n) is 1.18. The summed E-state index contributed by atoms with van der Waals surface area (Å²) in [6, 6.07) is 5.16. The number of hydrogen-bond acceptors (Lipinski definition) is 2. The maximum atomic E-state index is 6.02. The molecule has 0 radical (unpaired) electrons. The first kappa shape index (κ1) is 11.8. The first-order valence-electron chi connectivity index (χ1n) is 4.30. The van der Waals surface area contributed by atoms with Crippen molar-refractivity contribution in [2.75, 3.05) is 7.11 Å². The van der Waals surface area contributed by atoms with Gasteiger partial charge in [-0.1, -0.05) is 35.3 Å². The molecule has 0 aliphatic heterocycles. The van der Waals surface area contributed by atoms with Gasteiger partial charge in [0.2, 0.25) is 0 Å². The van der Waals surface area contributed by atoms with E-state index in [1.54, 1.807) is 13.2 Å². The third-order valence-corrected chi connectivity index (χ3v) is 3.05. The molecule has 0 spiro atoms. The monoisotopic (exact) mass is 233 g/mol. The van der Waals surface area contributed by atoms with Crippen molar-refractivity contribution >= 4 is 23.2 Å². The lowest BCUT2D eigenvalue weighted by Crippen LogP contribution is -2.25.